The number of hydrogen-bond donors (Lipinski definition) is 0. The van der Waals surface area contributed by atoms with Crippen molar-refractivity contribution in [2.24, 2.45) is 0 Å². The highest BCUT2D eigenvalue weighted by Crippen LogP contribution is 2.41. The standard InChI is InChI=1S/C21H17N/c1-3-9-17(10-4-1)20-15-14-19-13-7-8-16-22(19)21(20)18-11-5-2-6-12-18/h1-16,21H. The highest BCUT2D eigenvalue weighted by molar-refractivity contribution is 5.75. The molecule has 0 amide bonds. The molecule has 0 aliphatic carbocycles. The summed E-state index contributed by atoms with van der Waals surface area (Å²) in [7, 11) is 0. The third-order valence-electron chi connectivity index (χ3n) is 4.15. The lowest BCUT2D eigenvalue weighted by molar-refractivity contribution is 0.417. The van der Waals surface area contributed by atoms with Crippen molar-refractivity contribution in [1.29, 1.82) is 0 Å². The van der Waals surface area contributed by atoms with Gasteiger partial charge in [-0.15, -0.1) is 0 Å². The van der Waals surface area contributed by atoms with E-state index in [1.807, 2.05) is 0 Å². The summed E-state index contributed by atoms with van der Waals surface area (Å²) in [6, 6.07) is 21.5. The molecule has 2 aromatic rings. The Morgan fingerprint density at radius 1 is 0.727 bits per heavy atom. The van der Waals surface area contributed by atoms with E-state index in [-0.39, 0.29) is 6.04 Å². The summed E-state index contributed by atoms with van der Waals surface area (Å²) in [6.45, 7) is 0. The van der Waals surface area contributed by atoms with Gasteiger partial charge in [0.05, 0.1) is 6.04 Å². The summed E-state index contributed by atoms with van der Waals surface area (Å²) < 4.78 is 0. The van der Waals surface area contributed by atoms with Gasteiger partial charge >= 0.3 is 0 Å². The van der Waals surface area contributed by atoms with Crippen LogP contribution in [0.4, 0.5) is 0 Å². The van der Waals surface area contributed by atoms with Gasteiger partial charge in [0.15, 0.2) is 0 Å². The van der Waals surface area contributed by atoms with Gasteiger partial charge in [-0.05, 0) is 34.9 Å². The Labute approximate surface area is 131 Å². The number of fused-ring (bicyclic) bond motifs is 1. The Morgan fingerprint density at radius 3 is 2.23 bits per heavy atom. The molecular formula is C21H17N. The fourth-order valence-electron chi connectivity index (χ4n) is 3.12. The van der Waals surface area contributed by atoms with Crippen LogP contribution >= 0.6 is 0 Å². The molecule has 0 aromatic heterocycles. The van der Waals surface area contributed by atoms with Crippen LogP contribution in [-0.4, -0.2) is 4.90 Å². The average molecular weight is 283 g/mol. The first-order valence-electron chi connectivity index (χ1n) is 7.59. The third kappa shape index (κ3) is 2.21. The molecule has 0 radical (unpaired) electrons. The molecule has 106 valence electrons. The van der Waals surface area contributed by atoms with Gasteiger partial charge in [0.25, 0.3) is 0 Å². The van der Waals surface area contributed by atoms with E-state index in [0.29, 0.717) is 0 Å². The smallest absolute Gasteiger partial charge is 0.0844 e. The molecule has 0 saturated heterocycles. The first-order chi connectivity index (χ1) is 10.9. The highest BCUT2D eigenvalue weighted by Gasteiger charge is 2.27. The van der Waals surface area contributed by atoms with Crippen molar-refractivity contribution in [2.75, 3.05) is 0 Å². The first-order valence-corrected chi connectivity index (χ1v) is 7.59. The molecule has 2 aliphatic heterocycles. The van der Waals surface area contributed by atoms with Gasteiger partial charge in [-0.3, -0.25) is 0 Å². The second kappa shape index (κ2) is 5.53. The van der Waals surface area contributed by atoms with E-state index >= 15 is 0 Å². The molecule has 1 unspecified atom stereocenters. The van der Waals surface area contributed by atoms with Crippen molar-refractivity contribution in [3.05, 3.63) is 114 Å². The van der Waals surface area contributed by atoms with Crippen molar-refractivity contribution in [1.82, 2.24) is 4.90 Å². The highest BCUT2D eigenvalue weighted by atomic mass is 15.2. The van der Waals surface area contributed by atoms with E-state index in [2.05, 4.69) is 102 Å². The fourth-order valence-corrected chi connectivity index (χ4v) is 3.12. The van der Waals surface area contributed by atoms with Crippen molar-refractivity contribution in [3.8, 4) is 0 Å². The van der Waals surface area contributed by atoms with Crippen LogP contribution in [-0.2, 0) is 0 Å². The number of allylic oxidation sites excluding steroid dienone is 5. The molecule has 0 fully saturated rings. The molecule has 1 atom stereocenters. The molecule has 2 aromatic carbocycles. The van der Waals surface area contributed by atoms with E-state index in [0.717, 1.165) is 0 Å². The van der Waals surface area contributed by atoms with Crippen LogP contribution in [0.15, 0.2) is 103 Å². The third-order valence-corrected chi connectivity index (χ3v) is 4.15. The second-order valence-corrected chi connectivity index (χ2v) is 5.50. The van der Waals surface area contributed by atoms with Gasteiger partial charge < -0.3 is 4.90 Å². The molecule has 2 heterocycles. The Kier molecular flexibility index (Phi) is 3.24. The quantitative estimate of drug-likeness (QED) is 0.741. The Bertz CT molecular complexity index is 779. The number of hydrogen-bond acceptors (Lipinski definition) is 1. The van der Waals surface area contributed by atoms with Crippen molar-refractivity contribution in [3.63, 3.8) is 0 Å². The molecule has 22 heavy (non-hydrogen) atoms. The summed E-state index contributed by atoms with van der Waals surface area (Å²) in [5.41, 5.74) is 5.14. The first kappa shape index (κ1) is 12.9. The number of nitrogens with zero attached hydrogens (tertiary/aromatic N) is 1. The zero-order valence-electron chi connectivity index (χ0n) is 12.3. The molecule has 0 bridgehead atoms. The zero-order chi connectivity index (χ0) is 14.8. The monoisotopic (exact) mass is 283 g/mol. The molecule has 1 nitrogen and oxygen atoms in total. The number of benzene rings is 2. The van der Waals surface area contributed by atoms with Crippen LogP contribution in [0.25, 0.3) is 5.57 Å². The van der Waals surface area contributed by atoms with Gasteiger partial charge in [0.2, 0.25) is 0 Å². The minimum absolute atomic E-state index is 0.213. The summed E-state index contributed by atoms with van der Waals surface area (Å²) in [5.74, 6) is 0. The maximum Gasteiger partial charge on any atom is 0.0844 e. The minimum Gasteiger partial charge on any atom is -0.336 e. The maximum atomic E-state index is 2.34. The molecular weight excluding hydrogens is 266 g/mol. The van der Waals surface area contributed by atoms with Crippen LogP contribution in [0.3, 0.4) is 0 Å². The Hall–Kier alpha value is -2.80. The fraction of sp³-hybridized carbons (Fsp3) is 0.0476. The molecule has 0 saturated carbocycles. The topological polar surface area (TPSA) is 3.24 Å². The van der Waals surface area contributed by atoms with E-state index in [1.54, 1.807) is 0 Å². The lowest BCUT2D eigenvalue weighted by Crippen LogP contribution is -2.26. The van der Waals surface area contributed by atoms with Crippen molar-refractivity contribution < 1.29 is 0 Å². The zero-order valence-corrected chi connectivity index (χ0v) is 12.3. The summed E-state index contributed by atoms with van der Waals surface area (Å²) >= 11 is 0. The predicted octanol–water partition coefficient (Wildman–Crippen LogP) is 5.09. The molecule has 4 rings (SSSR count). The Morgan fingerprint density at radius 2 is 1.45 bits per heavy atom. The lowest BCUT2D eigenvalue weighted by atomic mass is 9.88. The predicted molar refractivity (Wildman–Crippen MR) is 91.8 cm³/mol. The van der Waals surface area contributed by atoms with Gasteiger partial charge in [0, 0.05) is 11.9 Å². The summed E-state index contributed by atoms with van der Waals surface area (Å²) in [6.07, 6.45) is 13.0. The molecule has 0 spiro atoms. The van der Waals surface area contributed by atoms with E-state index in [4.69, 9.17) is 0 Å². The van der Waals surface area contributed by atoms with Crippen LogP contribution in [0, 0.1) is 0 Å². The summed E-state index contributed by atoms with van der Waals surface area (Å²) in [4.78, 5) is 2.34. The van der Waals surface area contributed by atoms with E-state index in [9.17, 15) is 0 Å². The van der Waals surface area contributed by atoms with Gasteiger partial charge in [-0.25, -0.2) is 0 Å². The molecule has 1 heteroatoms. The molecule has 2 aliphatic rings. The van der Waals surface area contributed by atoms with Gasteiger partial charge in [0.1, 0.15) is 0 Å². The van der Waals surface area contributed by atoms with Crippen LogP contribution < -0.4 is 0 Å². The van der Waals surface area contributed by atoms with Crippen molar-refractivity contribution >= 4 is 5.57 Å². The van der Waals surface area contributed by atoms with Crippen LogP contribution in [0.1, 0.15) is 17.2 Å². The van der Waals surface area contributed by atoms with Crippen LogP contribution in [0.2, 0.25) is 0 Å². The second-order valence-electron chi connectivity index (χ2n) is 5.50. The Balaban J connectivity index is 1.87. The lowest BCUT2D eigenvalue weighted by Gasteiger charge is -2.37. The minimum atomic E-state index is 0.213. The molecule has 0 N–H and O–H groups in total. The summed E-state index contributed by atoms with van der Waals surface area (Å²) in [5, 5.41) is 0. The SMILES string of the molecule is C1=CC2=CC=C(c3ccccc3)C(c3ccccc3)N2C=C1. The average Bonchev–Trinajstić information content (AvgIpc) is 2.62. The van der Waals surface area contributed by atoms with Crippen LogP contribution in [0.5, 0.6) is 0 Å². The van der Waals surface area contributed by atoms with Gasteiger partial charge in [-0.2, -0.15) is 0 Å². The maximum absolute atomic E-state index is 2.34. The normalized spacial score (nSPS) is 19.5. The van der Waals surface area contributed by atoms with E-state index < -0.39 is 0 Å². The van der Waals surface area contributed by atoms with Crippen molar-refractivity contribution in [2.45, 2.75) is 6.04 Å². The largest absolute Gasteiger partial charge is 0.336 e. The van der Waals surface area contributed by atoms with E-state index in [1.165, 1.54) is 22.4 Å². The van der Waals surface area contributed by atoms with Gasteiger partial charge in [-0.1, -0.05) is 72.8 Å². The number of rotatable bonds is 2.